The second-order valence-electron chi connectivity index (χ2n) is 7.22. The number of carbonyl (C=O) groups excluding carboxylic acids is 1. The maximum Gasteiger partial charge on any atom is 0.217 e. The molecule has 0 unspecified atom stereocenters. The average molecular weight is 351 g/mol. The standard InChI is InChI=1S/C22H29N3O/c1-17-13-20(14-18(2)22(17)15-23-19(3)26)16-24-9-11-25(12-10-24)21-7-5-4-6-8-21/h4-8,13-14H,9-12,15-16H2,1-3H3,(H,23,26). The fourth-order valence-electron chi connectivity index (χ4n) is 3.73. The number of carbonyl (C=O) groups is 1. The highest BCUT2D eigenvalue weighted by Gasteiger charge is 2.17. The summed E-state index contributed by atoms with van der Waals surface area (Å²) in [5, 5.41) is 2.91. The van der Waals surface area contributed by atoms with Crippen LogP contribution in [0.15, 0.2) is 42.5 Å². The van der Waals surface area contributed by atoms with Gasteiger partial charge in [-0.15, -0.1) is 0 Å². The molecule has 1 saturated heterocycles. The molecule has 1 N–H and O–H groups in total. The van der Waals surface area contributed by atoms with E-state index < -0.39 is 0 Å². The van der Waals surface area contributed by atoms with Crippen LogP contribution < -0.4 is 10.2 Å². The van der Waals surface area contributed by atoms with Crippen molar-refractivity contribution >= 4 is 11.6 Å². The van der Waals surface area contributed by atoms with Crippen molar-refractivity contribution < 1.29 is 4.79 Å². The molecule has 1 fully saturated rings. The molecule has 1 aliphatic rings. The summed E-state index contributed by atoms with van der Waals surface area (Å²) in [5.41, 5.74) is 6.44. The minimum absolute atomic E-state index is 0.0177. The van der Waals surface area contributed by atoms with E-state index in [4.69, 9.17) is 0 Å². The predicted octanol–water partition coefficient (Wildman–Crippen LogP) is 3.26. The molecule has 0 atom stereocenters. The Bertz CT molecular complexity index is 726. The quantitative estimate of drug-likeness (QED) is 0.898. The Morgan fingerprint density at radius 2 is 1.62 bits per heavy atom. The third-order valence-corrected chi connectivity index (χ3v) is 5.17. The van der Waals surface area contributed by atoms with Gasteiger partial charge >= 0.3 is 0 Å². The SMILES string of the molecule is CC(=O)NCc1c(C)cc(CN2CCN(c3ccccc3)CC2)cc1C. The molecule has 0 aliphatic carbocycles. The van der Waals surface area contributed by atoms with E-state index in [2.05, 4.69) is 71.4 Å². The molecular formula is C22H29N3O. The van der Waals surface area contributed by atoms with E-state index in [-0.39, 0.29) is 5.91 Å². The molecule has 26 heavy (non-hydrogen) atoms. The van der Waals surface area contributed by atoms with Crippen molar-refractivity contribution in [3.8, 4) is 0 Å². The van der Waals surface area contributed by atoms with Gasteiger partial charge in [-0.2, -0.15) is 0 Å². The minimum Gasteiger partial charge on any atom is -0.369 e. The van der Waals surface area contributed by atoms with Gasteiger partial charge in [0.25, 0.3) is 0 Å². The van der Waals surface area contributed by atoms with Crippen molar-refractivity contribution in [3.05, 3.63) is 64.7 Å². The molecule has 1 heterocycles. The molecule has 1 amide bonds. The van der Waals surface area contributed by atoms with Gasteiger partial charge in [-0.05, 0) is 48.2 Å². The first-order valence-electron chi connectivity index (χ1n) is 9.38. The van der Waals surface area contributed by atoms with Crippen molar-refractivity contribution in [2.75, 3.05) is 31.1 Å². The summed E-state index contributed by atoms with van der Waals surface area (Å²) in [6.07, 6.45) is 0. The Kier molecular flexibility index (Phi) is 5.94. The predicted molar refractivity (Wildman–Crippen MR) is 107 cm³/mol. The van der Waals surface area contributed by atoms with Crippen LogP contribution in [0.4, 0.5) is 5.69 Å². The van der Waals surface area contributed by atoms with Crippen LogP contribution in [-0.4, -0.2) is 37.0 Å². The average Bonchev–Trinajstić information content (AvgIpc) is 2.62. The van der Waals surface area contributed by atoms with Crippen molar-refractivity contribution in [3.63, 3.8) is 0 Å². The molecule has 1 aliphatic heterocycles. The van der Waals surface area contributed by atoms with E-state index in [9.17, 15) is 4.79 Å². The van der Waals surface area contributed by atoms with Gasteiger partial charge in [0.1, 0.15) is 0 Å². The van der Waals surface area contributed by atoms with Crippen LogP contribution in [0.3, 0.4) is 0 Å². The summed E-state index contributed by atoms with van der Waals surface area (Å²) in [5.74, 6) is 0.0177. The number of rotatable bonds is 5. The van der Waals surface area contributed by atoms with Crippen LogP contribution in [-0.2, 0) is 17.9 Å². The summed E-state index contributed by atoms with van der Waals surface area (Å²) in [6.45, 7) is 11.8. The number of aryl methyl sites for hydroxylation is 2. The maximum atomic E-state index is 11.2. The lowest BCUT2D eigenvalue weighted by molar-refractivity contribution is -0.119. The fraction of sp³-hybridized carbons (Fsp3) is 0.409. The Hall–Kier alpha value is -2.33. The molecule has 138 valence electrons. The van der Waals surface area contributed by atoms with Crippen LogP contribution >= 0.6 is 0 Å². The van der Waals surface area contributed by atoms with Gasteiger partial charge in [0.15, 0.2) is 0 Å². The van der Waals surface area contributed by atoms with E-state index in [0.29, 0.717) is 6.54 Å². The Balaban J connectivity index is 1.59. The van der Waals surface area contributed by atoms with E-state index in [1.165, 1.54) is 27.9 Å². The molecule has 4 heteroatoms. The van der Waals surface area contributed by atoms with Crippen LogP contribution in [0.1, 0.15) is 29.2 Å². The van der Waals surface area contributed by atoms with Crippen LogP contribution in [0, 0.1) is 13.8 Å². The van der Waals surface area contributed by atoms with Crippen LogP contribution in [0.25, 0.3) is 0 Å². The first-order valence-corrected chi connectivity index (χ1v) is 9.38. The number of para-hydroxylation sites is 1. The molecule has 0 radical (unpaired) electrons. The molecular weight excluding hydrogens is 322 g/mol. The third-order valence-electron chi connectivity index (χ3n) is 5.17. The van der Waals surface area contributed by atoms with Gasteiger partial charge < -0.3 is 10.2 Å². The van der Waals surface area contributed by atoms with Crippen molar-refractivity contribution in [2.45, 2.75) is 33.9 Å². The number of benzene rings is 2. The van der Waals surface area contributed by atoms with E-state index >= 15 is 0 Å². The van der Waals surface area contributed by atoms with Gasteiger partial charge in [-0.25, -0.2) is 0 Å². The normalized spacial score (nSPS) is 15.1. The first-order chi connectivity index (χ1) is 12.5. The van der Waals surface area contributed by atoms with E-state index in [1.54, 1.807) is 6.92 Å². The summed E-state index contributed by atoms with van der Waals surface area (Å²) in [7, 11) is 0. The minimum atomic E-state index is 0.0177. The van der Waals surface area contributed by atoms with Crippen LogP contribution in [0.2, 0.25) is 0 Å². The lowest BCUT2D eigenvalue weighted by atomic mass is 9.98. The largest absolute Gasteiger partial charge is 0.369 e. The zero-order valence-corrected chi connectivity index (χ0v) is 16.1. The maximum absolute atomic E-state index is 11.2. The topological polar surface area (TPSA) is 35.6 Å². The second kappa shape index (κ2) is 8.37. The summed E-state index contributed by atoms with van der Waals surface area (Å²) in [6, 6.07) is 15.2. The highest BCUT2D eigenvalue weighted by molar-refractivity contribution is 5.72. The second-order valence-corrected chi connectivity index (χ2v) is 7.22. The molecule has 0 spiro atoms. The smallest absolute Gasteiger partial charge is 0.217 e. The van der Waals surface area contributed by atoms with Crippen molar-refractivity contribution in [2.24, 2.45) is 0 Å². The Morgan fingerprint density at radius 1 is 1.00 bits per heavy atom. The molecule has 0 bridgehead atoms. The van der Waals surface area contributed by atoms with Gasteiger partial charge in [-0.3, -0.25) is 9.69 Å². The van der Waals surface area contributed by atoms with Gasteiger partial charge in [0.05, 0.1) is 0 Å². The molecule has 4 nitrogen and oxygen atoms in total. The van der Waals surface area contributed by atoms with E-state index in [1.807, 2.05) is 0 Å². The Labute approximate surface area is 156 Å². The summed E-state index contributed by atoms with van der Waals surface area (Å²) in [4.78, 5) is 16.2. The number of nitrogens with one attached hydrogen (secondary N) is 1. The molecule has 2 aromatic rings. The highest BCUT2D eigenvalue weighted by Crippen LogP contribution is 2.20. The van der Waals surface area contributed by atoms with Gasteiger partial charge in [0.2, 0.25) is 5.91 Å². The van der Waals surface area contributed by atoms with Crippen molar-refractivity contribution in [1.82, 2.24) is 10.2 Å². The summed E-state index contributed by atoms with van der Waals surface area (Å²) < 4.78 is 0. The third kappa shape index (κ3) is 4.64. The zero-order chi connectivity index (χ0) is 18.5. The molecule has 2 aromatic carbocycles. The van der Waals surface area contributed by atoms with Gasteiger partial charge in [-0.1, -0.05) is 30.3 Å². The van der Waals surface area contributed by atoms with E-state index in [0.717, 1.165) is 32.7 Å². The van der Waals surface area contributed by atoms with Crippen LogP contribution in [0.5, 0.6) is 0 Å². The van der Waals surface area contributed by atoms with Gasteiger partial charge in [0, 0.05) is 51.9 Å². The lowest BCUT2D eigenvalue weighted by Crippen LogP contribution is -2.45. The zero-order valence-electron chi connectivity index (χ0n) is 16.1. The number of amides is 1. The highest BCUT2D eigenvalue weighted by atomic mass is 16.1. The first kappa shape index (κ1) is 18.5. The fourth-order valence-corrected chi connectivity index (χ4v) is 3.73. The molecule has 3 rings (SSSR count). The lowest BCUT2D eigenvalue weighted by Gasteiger charge is -2.36. The molecule has 0 saturated carbocycles. The monoisotopic (exact) mass is 351 g/mol. The number of hydrogen-bond acceptors (Lipinski definition) is 3. The summed E-state index contributed by atoms with van der Waals surface area (Å²) >= 11 is 0. The number of piperazine rings is 1. The Morgan fingerprint density at radius 3 is 2.19 bits per heavy atom. The molecule has 0 aromatic heterocycles. The number of anilines is 1. The number of nitrogens with zero attached hydrogens (tertiary/aromatic N) is 2. The number of hydrogen-bond donors (Lipinski definition) is 1. The van der Waals surface area contributed by atoms with Crippen molar-refractivity contribution in [1.29, 1.82) is 0 Å².